The van der Waals surface area contributed by atoms with Crippen LogP contribution in [-0.4, -0.2) is 20.7 Å². The van der Waals surface area contributed by atoms with Crippen molar-refractivity contribution >= 4 is 24.3 Å². The van der Waals surface area contributed by atoms with Gasteiger partial charge < -0.3 is 14.9 Å². The van der Waals surface area contributed by atoms with E-state index in [-0.39, 0.29) is 27.7 Å². The monoisotopic (exact) mass is 578 g/mol. The number of Topliss-reactive ketones (excluding diaryl/α,β-unsaturated/α-hetero) is 1. The normalized spacial score (nSPS) is 15.6. The van der Waals surface area contributed by atoms with Crippen LogP contribution >= 0.6 is 7.60 Å². The molecule has 3 rings (SSSR count). The molecular weight excluding hydrogens is 531 g/mol. The zero-order valence-electron chi connectivity index (χ0n) is 26.7. The Kier molecular flexibility index (Phi) is 8.42. The molecule has 3 N–H and O–H groups in total. The number of phenolic OH excluding ortho intramolecular Hbond substituents is 1. The second-order valence-corrected chi connectivity index (χ2v) is 16.9. The Bertz CT molecular complexity index is 1430. The van der Waals surface area contributed by atoms with Crippen molar-refractivity contribution in [2.24, 2.45) is 10.8 Å². The van der Waals surface area contributed by atoms with Gasteiger partial charge in [-0.25, -0.2) is 0 Å². The molecule has 222 valence electrons. The molecule has 2 aromatic rings. The molecule has 0 radical (unpaired) electrons. The first-order valence-electron chi connectivity index (χ1n) is 14.1. The molecule has 0 aliphatic heterocycles. The summed E-state index contributed by atoms with van der Waals surface area (Å²) in [5, 5.41) is 11.4. The summed E-state index contributed by atoms with van der Waals surface area (Å²) < 4.78 is 12.0. The van der Waals surface area contributed by atoms with Gasteiger partial charge in [-0.05, 0) is 80.4 Å². The van der Waals surface area contributed by atoms with E-state index in [2.05, 4.69) is 41.5 Å². The molecule has 0 amide bonds. The van der Waals surface area contributed by atoms with Gasteiger partial charge in [0.15, 0.2) is 5.78 Å². The topological polar surface area (TPSA) is 94.8 Å². The molecule has 0 spiro atoms. The number of rotatable bonds is 3. The Morgan fingerprint density at radius 2 is 1.02 bits per heavy atom. The minimum absolute atomic E-state index is 0.0291. The van der Waals surface area contributed by atoms with Crippen molar-refractivity contribution in [3.63, 3.8) is 0 Å². The summed E-state index contributed by atoms with van der Waals surface area (Å²) in [5.74, 6) is 0.298. The first kappa shape index (κ1) is 32.8. The highest BCUT2D eigenvalue weighted by Crippen LogP contribution is 2.45. The fourth-order valence-electron chi connectivity index (χ4n) is 5.13. The van der Waals surface area contributed by atoms with Gasteiger partial charge in [0.1, 0.15) is 5.75 Å². The quantitative estimate of drug-likeness (QED) is 0.320. The highest BCUT2D eigenvalue weighted by molar-refractivity contribution is 7.60. The summed E-state index contributed by atoms with van der Waals surface area (Å²) in [7, 11) is -4.43. The summed E-state index contributed by atoms with van der Waals surface area (Å²) in [4.78, 5) is 33.3. The molecule has 0 aromatic heterocycles. The molecule has 0 unspecified atom stereocenters. The second-order valence-electron chi connectivity index (χ2n) is 15.3. The fraction of sp³-hybridized carbons (Fsp3) is 0.457. The van der Waals surface area contributed by atoms with Crippen LogP contribution in [0.3, 0.4) is 0 Å². The Labute approximate surface area is 246 Å². The Hall–Kier alpha value is -2.72. The van der Waals surface area contributed by atoms with Crippen molar-refractivity contribution in [2.45, 2.75) is 93.9 Å². The molecule has 0 fully saturated rings. The lowest BCUT2D eigenvalue weighted by atomic mass is 9.70. The van der Waals surface area contributed by atoms with E-state index >= 15 is 0 Å². The number of carbonyl (C=O) groups is 1. The van der Waals surface area contributed by atoms with Gasteiger partial charge in [-0.3, -0.25) is 9.36 Å². The van der Waals surface area contributed by atoms with Crippen LogP contribution in [0.25, 0.3) is 5.57 Å². The lowest BCUT2D eigenvalue weighted by Crippen LogP contribution is -2.28. The lowest BCUT2D eigenvalue weighted by Gasteiger charge is -2.32. The minimum Gasteiger partial charge on any atom is -0.507 e. The Balaban J connectivity index is 2.59. The third-order valence-electron chi connectivity index (χ3n) is 7.50. The molecule has 5 nitrogen and oxygen atoms in total. The minimum atomic E-state index is -4.43. The van der Waals surface area contributed by atoms with Crippen LogP contribution in [0, 0.1) is 10.8 Å². The number of phenols is 1. The molecule has 0 heterocycles. The van der Waals surface area contributed by atoms with E-state index in [0.717, 1.165) is 33.4 Å². The number of ketones is 1. The van der Waals surface area contributed by atoms with E-state index in [0.29, 0.717) is 11.1 Å². The van der Waals surface area contributed by atoms with Gasteiger partial charge in [-0.2, -0.15) is 0 Å². The predicted molar refractivity (Wildman–Crippen MR) is 170 cm³/mol. The molecule has 1 aliphatic carbocycles. The van der Waals surface area contributed by atoms with Crippen LogP contribution in [0.1, 0.15) is 105 Å². The highest BCUT2D eigenvalue weighted by atomic mass is 31.2. The number of allylic oxidation sites excluding steroid dienone is 5. The van der Waals surface area contributed by atoms with E-state index in [1.165, 1.54) is 12.1 Å². The van der Waals surface area contributed by atoms with Gasteiger partial charge in [0.2, 0.25) is 0 Å². The SMILES string of the molecule is CC(C)(C)C1=CC(=C(c2ccc(P(=O)(O)O)cc2)c2cc(C(C)(C)C)c(O)c(C(C)(C)C)c2)C=C(C(C)(C)C)C1=O. The third-order valence-corrected chi connectivity index (χ3v) is 8.47. The van der Waals surface area contributed by atoms with Gasteiger partial charge in [0.25, 0.3) is 0 Å². The number of hydrogen-bond acceptors (Lipinski definition) is 3. The predicted octanol–water partition coefficient (Wildman–Crippen LogP) is 8.12. The largest absolute Gasteiger partial charge is 0.507 e. The Morgan fingerprint density at radius 3 is 1.34 bits per heavy atom. The van der Waals surface area contributed by atoms with Gasteiger partial charge >= 0.3 is 7.60 Å². The summed E-state index contributed by atoms with van der Waals surface area (Å²) in [5.41, 5.74) is 4.76. The third kappa shape index (κ3) is 7.02. The van der Waals surface area contributed by atoms with Gasteiger partial charge in [-0.15, -0.1) is 0 Å². The van der Waals surface area contributed by atoms with E-state index in [4.69, 9.17) is 0 Å². The fourth-order valence-corrected chi connectivity index (χ4v) is 5.67. The number of benzene rings is 2. The molecule has 41 heavy (non-hydrogen) atoms. The molecular formula is C35H47O5P. The van der Waals surface area contributed by atoms with Crippen LogP contribution < -0.4 is 5.30 Å². The maximum Gasteiger partial charge on any atom is 0.356 e. The summed E-state index contributed by atoms with van der Waals surface area (Å²) >= 11 is 0. The maximum atomic E-state index is 13.8. The number of hydrogen-bond donors (Lipinski definition) is 3. The van der Waals surface area contributed by atoms with Crippen molar-refractivity contribution in [2.75, 3.05) is 0 Å². The van der Waals surface area contributed by atoms with Crippen molar-refractivity contribution in [3.8, 4) is 5.75 Å². The smallest absolute Gasteiger partial charge is 0.356 e. The highest BCUT2D eigenvalue weighted by Gasteiger charge is 2.35. The number of carbonyl (C=O) groups excluding carboxylic acids is 1. The van der Waals surface area contributed by atoms with E-state index in [1.54, 1.807) is 12.1 Å². The van der Waals surface area contributed by atoms with Crippen LogP contribution in [-0.2, 0) is 20.2 Å². The van der Waals surface area contributed by atoms with E-state index in [1.807, 2.05) is 65.8 Å². The van der Waals surface area contributed by atoms with Crippen molar-refractivity contribution < 1.29 is 24.3 Å². The summed E-state index contributed by atoms with van der Waals surface area (Å²) in [6.45, 7) is 24.6. The zero-order chi connectivity index (χ0) is 31.5. The Morgan fingerprint density at radius 1 is 0.634 bits per heavy atom. The van der Waals surface area contributed by atoms with Crippen molar-refractivity contribution in [1.29, 1.82) is 0 Å². The van der Waals surface area contributed by atoms with Crippen LogP contribution in [0.4, 0.5) is 0 Å². The molecule has 0 saturated heterocycles. The van der Waals surface area contributed by atoms with Crippen LogP contribution in [0.5, 0.6) is 5.75 Å². The maximum absolute atomic E-state index is 13.8. The van der Waals surface area contributed by atoms with Crippen LogP contribution in [0.15, 0.2) is 65.3 Å². The molecule has 1 aliphatic rings. The molecule has 2 aromatic carbocycles. The number of aromatic hydroxyl groups is 1. The second kappa shape index (κ2) is 10.5. The average molecular weight is 579 g/mol. The van der Waals surface area contributed by atoms with Gasteiger partial charge in [0, 0.05) is 22.3 Å². The average Bonchev–Trinajstić information content (AvgIpc) is 2.77. The first-order chi connectivity index (χ1) is 18.3. The van der Waals surface area contributed by atoms with Crippen molar-refractivity contribution in [3.05, 3.63) is 87.5 Å². The van der Waals surface area contributed by atoms with E-state index < -0.39 is 18.4 Å². The summed E-state index contributed by atoms with van der Waals surface area (Å²) in [6, 6.07) is 10.4. The van der Waals surface area contributed by atoms with Gasteiger partial charge in [0.05, 0.1) is 5.30 Å². The summed E-state index contributed by atoms with van der Waals surface area (Å²) in [6.07, 6.45) is 3.92. The molecule has 0 saturated carbocycles. The standard InChI is InChI=1S/C35H47O5P/c1-32(2,3)25-17-22(18-26(30(25)36)33(4,5)6)29(21-13-15-24(16-14-21)41(38,39)40)23-19-27(34(7,8)9)31(37)28(20-23)35(10,11)12/h13-20,36H,1-12H3,(H2,38,39,40). The first-order valence-corrected chi connectivity index (χ1v) is 15.7. The molecule has 0 atom stereocenters. The molecule has 0 bridgehead atoms. The molecule has 6 heteroatoms. The lowest BCUT2D eigenvalue weighted by molar-refractivity contribution is -0.114. The van der Waals surface area contributed by atoms with Crippen molar-refractivity contribution in [1.82, 2.24) is 0 Å². The van der Waals surface area contributed by atoms with Crippen LogP contribution in [0.2, 0.25) is 0 Å². The zero-order valence-corrected chi connectivity index (χ0v) is 27.6. The van der Waals surface area contributed by atoms with E-state index in [9.17, 15) is 24.3 Å². The van der Waals surface area contributed by atoms with Gasteiger partial charge in [-0.1, -0.05) is 95.2 Å².